The van der Waals surface area contributed by atoms with Crippen molar-refractivity contribution in [1.82, 2.24) is 5.32 Å². The monoisotopic (exact) mass is 168 g/mol. The predicted molar refractivity (Wildman–Crippen MR) is 47.3 cm³/mol. The van der Waals surface area contributed by atoms with Crippen LogP contribution < -0.4 is 5.32 Å². The van der Waals surface area contributed by atoms with Gasteiger partial charge in [-0.2, -0.15) is 5.26 Å². The van der Waals surface area contributed by atoms with Crippen molar-refractivity contribution in [3.05, 3.63) is 0 Å². The first kappa shape index (κ1) is 11.0. The molecule has 0 saturated heterocycles. The molecule has 0 heterocycles. The lowest BCUT2D eigenvalue weighted by Crippen LogP contribution is -2.40. The number of amides is 1. The topological polar surface area (TPSA) is 52.9 Å². The number of hydrogen-bond donors (Lipinski definition) is 1. The summed E-state index contributed by atoms with van der Waals surface area (Å²) in [6, 6.07) is 1.96. The highest BCUT2D eigenvalue weighted by molar-refractivity contribution is 5.81. The van der Waals surface area contributed by atoms with E-state index < -0.39 is 0 Å². The average Bonchev–Trinajstić information content (AvgIpc) is 1.85. The van der Waals surface area contributed by atoms with Crippen molar-refractivity contribution < 1.29 is 4.79 Å². The van der Waals surface area contributed by atoms with Gasteiger partial charge in [0.05, 0.1) is 12.5 Å². The first-order valence-electron chi connectivity index (χ1n) is 4.06. The lowest BCUT2D eigenvalue weighted by Gasteiger charge is -2.20. The molecule has 3 heteroatoms. The van der Waals surface area contributed by atoms with Gasteiger partial charge in [0.25, 0.3) is 0 Å². The fourth-order valence-electron chi connectivity index (χ4n) is 0.628. The average molecular weight is 168 g/mol. The highest BCUT2D eigenvalue weighted by Crippen LogP contribution is 2.12. The van der Waals surface area contributed by atoms with Crippen LogP contribution in [0.25, 0.3) is 0 Å². The second kappa shape index (κ2) is 4.10. The van der Waals surface area contributed by atoms with Crippen LogP contribution in [0.4, 0.5) is 0 Å². The van der Waals surface area contributed by atoms with Crippen LogP contribution in [-0.2, 0) is 4.79 Å². The Morgan fingerprint density at radius 2 is 2.08 bits per heavy atom. The minimum atomic E-state index is -0.371. The molecule has 0 bridgehead atoms. The minimum absolute atomic E-state index is 0.00903. The molecule has 3 nitrogen and oxygen atoms in total. The van der Waals surface area contributed by atoms with E-state index in [1.165, 1.54) is 0 Å². The van der Waals surface area contributed by atoms with E-state index in [1.54, 1.807) is 0 Å². The van der Waals surface area contributed by atoms with Crippen LogP contribution in [0, 0.1) is 16.7 Å². The van der Waals surface area contributed by atoms with Gasteiger partial charge in [-0.3, -0.25) is 4.79 Å². The molecule has 0 aromatic rings. The summed E-state index contributed by atoms with van der Waals surface area (Å²) < 4.78 is 0. The van der Waals surface area contributed by atoms with E-state index in [4.69, 9.17) is 5.26 Å². The molecule has 1 unspecified atom stereocenters. The first-order valence-corrected chi connectivity index (χ1v) is 4.06. The number of nitrogens with one attached hydrogen (secondary N) is 1. The van der Waals surface area contributed by atoms with Crippen LogP contribution in [0.5, 0.6) is 0 Å². The van der Waals surface area contributed by atoms with Crippen molar-refractivity contribution in [3.8, 4) is 6.07 Å². The van der Waals surface area contributed by atoms with Crippen molar-refractivity contribution in [2.24, 2.45) is 5.41 Å². The second-order valence-electron chi connectivity index (χ2n) is 3.99. The molecule has 1 N–H and O–H groups in total. The summed E-state index contributed by atoms with van der Waals surface area (Å²) in [4.78, 5) is 11.3. The Morgan fingerprint density at radius 3 is 2.42 bits per heavy atom. The van der Waals surface area contributed by atoms with Crippen molar-refractivity contribution in [2.75, 3.05) is 0 Å². The van der Waals surface area contributed by atoms with Gasteiger partial charge in [0.2, 0.25) is 5.91 Å². The van der Waals surface area contributed by atoms with E-state index in [-0.39, 0.29) is 17.4 Å². The third-order valence-corrected chi connectivity index (χ3v) is 1.46. The molecule has 0 saturated carbocycles. The molecule has 0 aliphatic carbocycles. The van der Waals surface area contributed by atoms with Crippen LogP contribution in [0.1, 0.15) is 34.1 Å². The van der Waals surface area contributed by atoms with Gasteiger partial charge in [0.1, 0.15) is 0 Å². The van der Waals surface area contributed by atoms with Crippen molar-refractivity contribution >= 4 is 5.91 Å². The fourth-order valence-corrected chi connectivity index (χ4v) is 0.628. The lowest BCUT2D eigenvalue weighted by molar-refractivity contribution is -0.129. The molecule has 1 atom stereocenters. The smallest absolute Gasteiger partial charge is 0.225 e. The summed E-state index contributed by atoms with van der Waals surface area (Å²) >= 11 is 0. The quantitative estimate of drug-likeness (QED) is 0.678. The largest absolute Gasteiger partial charge is 0.352 e. The van der Waals surface area contributed by atoms with E-state index >= 15 is 0 Å². The number of carbonyl (C=O) groups is 1. The summed E-state index contributed by atoms with van der Waals surface area (Å²) in [7, 11) is 0. The van der Waals surface area contributed by atoms with Crippen LogP contribution in [0.15, 0.2) is 0 Å². The zero-order valence-corrected chi connectivity index (χ0v) is 8.14. The molecule has 0 aromatic heterocycles. The molecule has 0 rings (SSSR count). The molecule has 0 aromatic carbocycles. The third-order valence-electron chi connectivity index (χ3n) is 1.46. The van der Waals surface area contributed by atoms with E-state index in [0.29, 0.717) is 6.42 Å². The molecule has 0 aliphatic heterocycles. The molecule has 68 valence electrons. The summed E-state index contributed by atoms with van der Waals surface area (Å²) in [6.07, 6.45) is 0.363. The normalized spacial score (nSPS) is 13.2. The molecule has 12 heavy (non-hydrogen) atoms. The standard InChI is InChI=1S/C9H16N2O/c1-7(5-6-10)11-8(12)9(2,3)4/h7H,5H2,1-4H3,(H,11,12). The van der Waals surface area contributed by atoms with Crippen LogP contribution in [0.2, 0.25) is 0 Å². The van der Waals surface area contributed by atoms with Gasteiger partial charge in [0, 0.05) is 11.5 Å². The van der Waals surface area contributed by atoms with Gasteiger partial charge >= 0.3 is 0 Å². The summed E-state index contributed by atoms with van der Waals surface area (Å²) in [5.74, 6) is -0.00903. The third kappa shape index (κ3) is 3.97. The molecule has 0 aliphatic rings. The maximum Gasteiger partial charge on any atom is 0.225 e. The van der Waals surface area contributed by atoms with E-state index in [0.717, 1.165) is 0 Å². The van der Waals surface area contributed by atoms with Crippen molar-refractivity contribution in [2.45, 2.75) is 40.2 Å². The molecule has 0 spiro atoms. The van der Waals surface area contributed by atoms with Crippen LogP contribution in [0.3, 0.4) is 0 Å². The van der Waals surface area contributed by atoms with Gasteiger partial charge in [-0.1, -0.05) is 20.8 Å². The maximum absolute atomic E-state index is 11.3. The summed E-state index contributed by atoms with van der Waals surface area (Å²) in [5.41, 5.74) is -0.371. The highest BCUT2D eigenvalue weighted by atomic mass is 16.2. The predicted octanol–water partition coefficient (Wildman–Crippen LogP) is 1.45. The maximum atomic E-state index is 11.3. The summed E-state index contributed by atoms with van der Waals surface area (Å²) in [5, 5.41) is 11.1. The van der Waals surface area contributed by atoms with E-state index in [2.05, 4.69) is 5.32 Å². The van der Waals surface area contributed by atoms with Crippen LogP contribution in [-0.4, -0.2) is 11.9 Å². The second-order valence-corrected chi connectivity index (χ2v) is 3.99. The first-order chi connectivity index (χ1) is 5.38. The molecule has 0 fully saturated rings. The minimum Gasteiger partial charge on any atom is -0.352 e. The van der Waals surface area contributed by atoms with E-state index in [1.807, 2.05) is 33.8 Å². The number of rotatable bonds is 2. The van der Waals surface area contributed by atoms with Crippen molar-refractivity contribution in [3.63, 3.8) is 0 Å². The Labute approximate surface area is 73.8 Å². The Kier molecular flexibility index (Phi) is 3.75. The molecular weight excluding hydrogens is 152 g/mol. The number of nitriles is 1. The SMILES string of the molecule is CC(CC#N)NC(=O)C(C)(C)C. The molecule has 1 amide bonds. The zero-order chi connectivity index (χ0) is 9.78. The molecular formula is C9H16N2O. The van der Waals surface area contributed by atoms with E-state index in [9.17, 15) is 4.79 Å². The Morgan fingerprint density at radius 1 is 1.58 bits per heavy atom. The van der Waals surface area contributed by atoms with Gasteiger partial charge in [-0.15, -0.1) is 0 Å². The Hall–Kier alpha value is -1.04. The highest BCUT2D eigenvalue weighted by Gasteiger charge is 2.22. The van der Waals surface area contributed by atoms with Gasteiger partial charge in [-0.25, -0.2) is 0 Å². The van der Waals surface area contributed by atoms with Crippen molar-refractivity contribution in [1.29, 1.82) is 5.26 Å². The van der Waals surface area contributed by atoms with Gasteiger partial charge in [-0.05, 0) is 6.92 Å². The number of hydrogen-bond acceptors (Lipinski definition) is 2. The van der Waals surface area contributed by atoms with Gasteiger partial charge < -0.3 is 5.32 Å². The zero-order valence-electron chi connectivity index (χ0n) is 8.14. The summed E-state index contributed by atoms with van der Waals surface area (Å²) in [6.45, 7) is 7.37. The Bertz CT molecular complexity index is 198. The van der Waals surface area contributed by atoms with Gasteiger partial charge in [0.15, 0.2) is 0 Å². The molecule has 0 radical (unpaired) electrons. The number of carbonyl (C=O) groups excluding carboxylic acids is 1. The lowest BCUT2D eigenvalue weighted by atomic mass is 9.95. The number of nitrogens with zero attached hydrogens (tertiary/aromatic N) is 1. The Balaban J connectivity index is 3.95. The van der Waals surface area contributed by atoms with Crippen LogP contribution >= 0.6 is 0 Å². The fraction of sp³-hybridized carbons (Fsp3) is 0.778.